The molecule has 0 radical (unpaired) electrons. The summed E-state index contributed by atoms with van der Waals surface area (Å²) in [5.41, 5.74) is 0.514. The zero-order valence-electron chi connectivity index (χ0n) is 13.3. The van der Waals surface area contributed by atoms with Gasteiger partial charge in [0.2, 0.25) is 5.84 Å². The first-order valence-electron chi connectivity index (χ1n) is 7.08. The first-order valence-corrected chi connectivity index (χ1v) is 8.86. The van der Waals surface area contributed by atoms with E-state index in [0.29, 0.717) is 11.4 Å². The van der Waals surface area contributed by atoms with Gasteiger partial charge in [-0.05, 0) is 44.4 Å². The fraction of sp³-hybridized carbons (Fsp3) is 0.154. The van der Waals surface area contributed by atoms with E-state index < -0.39 is 17.9 Å². The van der Waals surface area contributed by atoms with Crippen LogP contribution in [0.5, 0.6) is 0 Å². The highest BCUT2D eigenvalue weighted by Crippen LogP contribution is 2.23. The van der Waals surface area contributed by atoms with Crippen LogP contribution in [0.25, 0.3) is 0 Å². The Morgan fingerprint density at radius 1 is 1.37 bits per heavy atom. The number of imide groups is 1. The van der Waals surface area contributed by atoms with Crippen LogP contribution in [0.3, 0.4) is 0 Å². The molecule has 27 heavy (non-hydrogen) atoms. The van der Waals surface area contributed by atoms with Crippen LogP contribution in [0.2, 0.25) is 0 Å². The minimum absolute atomic E-state index is 0.0890. The molecular weight excluding hydrogens is 451 g/mol. The number of carboxylic acid groups (broad SMARTS) is 1. The molecule has 1 aromatic heterocycles. The van der Waals surface area contributed by atoms with Crippen molar-refractivity contribution in [1.29, 1.82) is 0 Å². The van der Waals surface area contributed by atoms with Crippen molar-refractivity contribution in [1.82, 2.24) is 20.9 Å². The molecular formula is C13H12BrFN6O5S. The molecule has 0 aliphatic carbocycles. The van der Waals surface area contributed by atoms with E-state index >= 15 is 0 Å². The standard InChI is InChI=1S/C13H12BrFN6O5S/c14-7-5-6(1-2-8(7)15)17-10(19-25)9-11(21-26-20-9)27-4-3-16-12(22)18-13(23)24/h1-2,5,25H,3-4H2,(H,17,19)(H,23,24)(H2,16,18,22). The van der Waals surface area contributed by atoms with E-state index in [4.69, 9.17) is 5.11 Å². The fourth-order valence-electron chi connectivity index (χ4n) is 1.72. The van der Waals surface area contributed by atoms with Crippen molar-refractivity contribution in [3.05, 3.63) is 34.2 Å². The molecule has 0 aliphatic rings. The van der Waals surface area contributed by atoms with E-state index in [9.17, 15) is 19.2 Å². The van der Waals surface area contributed by atoms with Crippen molar-refractivity contribution in [2.75, 3.05) is 17.6 Å². The summed E-state index contributed by atoms with van der Waals surface area (Å²) in [7, 11) is 0. The number of urea groups is 1. The van der Waals surface area contributed by atoms with Gasteiger partial charge in [-0.25, -0.2) is 23.9 Å². The summed E-state index contributed by atoms with van der Waals surface area (Å²) in [5, 5.41) is 35.0. The number of halogens is 2. The lowest BCUT2D eigenvalue weighted by atomic mass is 10.3. The number of benzene rings is 1. The highest BCUT2D eigenvalue weighted by molar-refractivity contribution is 9.10. The number of carbonyl (C=O) groups excluding carboxylic acids is 1. The lowest BCUT2D eigenvalue weighted by molar-refractivity contribution is 0.192. The molecule has 0 spiro atoms. The van der Waals surface area contributed by atoms with Gasteiger partial charge >= 0.3 is 12.1 Å². The van der Waals surface area contributed by atoms with E-state index in [2.05, 4.69) is 46.7 Å². The monoisotopic (exact) mass is 462 g/mol. The normalized spacial score (nSPS) is 11.1. The third kappa shape index (κ3) is 6.10. The predicted molar refractivity (Wildman–Crippen MR) is 95.6 cm³/mol. The molecule has 14 heteroatoms. The number of anilines is 1. The van der Waals surface area contributed by atoms with Gasteiger partial charge in [-0.3, -0.25) is 0 Å². The molecule has 0 atom stereocenters. The van der Waals surface area contributed by atoms with E-state index in [1.54, 1.807) is 5.32 Å². The summed E-state index contributed by atoms with van der Waals surface area (Å²) in [4.78, 5) is 21.4. The SMILES string of the molecule is O=C(O)NC(=O)NCCSc1nonc1/C(=N\O)Nc1ccc(F)c(Br)c1. The smallest absolute Gasteiger partial charge is 0.412 e. The summed E-state index contributed by atoms with van der Waals surface area (Å²) < 4.78 is 18.1. The number of nitrogens with one attached hydrogen (secondary N) is 3. The molecule has 2 rings (SSSR count). The van der Waals surface area contributed by atoms with Crippen LogP contribution in [-0.4, -0.2) is 50.9 Å². The van der Waals surface area contributed by atoms with Gasteiger partial charge < -0.3 is 20.9 Å². The Bertz CT molecular complexity index is 863. The van der Waals surface area contributed by atoms with Crippen LogP contribution in [0, 0.1) is 5.82 Å². The Morgan fingerprint density at radius 2 is 2.15 bits per heavy atom. The molecule has 1 heterocycles. The minimum Gasteiger partial charge on any atom is -0.465 e. The van der Waals surface area contributed by atoms with Gasteiger partial charge in [-0.1, -0.05) is 16.9 Å². The Balaban J connectivity index is 1.96. The highest BCUT2D eigenvalue weighted by atomic mass is 79.9. The number of nitrogens with zero attached hydrogens (tertiary/aromatic N) is 3. The second-order valence-electron chi connectivity index (χ2n) is 4.65. The molecule has 3 amide bonds. The van der Waals surface area contributed by atoms with Crippen molar-refractivity contribution >= 4 is 51.3 Å². The number of hydrogen-bond acceptors (Lipinski definition) is 8. The molecule has 1 aromatic carbocycles. The minimum atomic E-state index is -1.47. The van der Waals surface area contributed by atoms with Gasteiger partial charge in [0, 0.05) is 18.0 Å². The number of thioether (sulfide) groups is 1. The summed E-state index contributed by atoms with van der Waals surface area (Å²) in [6.07, 6.45) is -1.47. The molecule has 2 aromatic rings. The molecule has 144 valence electrons. The first-order chi connectivity index (χ1) is 12.9. The molecule has 0 fully saturated rings. The quantitative estimate of drug-likeness (QED) is 0.108. The van der Waals surface area contributed by atoms with Crippen LogP contribution >= 0.6 is 27.7 Å². The van der Waals surface area contributed by atoms with Gasteiger partial charge in [0.1, 0.15) is 5.82 Å². The average molecular weight is 463 g/mol. The average Bonchev–Trinajstić information content (AvgIpc) is 3.07. The number of hydrogen-bond donors (Lipinski definition) is 5. The number of rotatable bonds is 6. The molecule has 0 bridgehead atoms. The third-order valence-corrected chi connectivity index (χ3v) is 4.37. The summed E-state index contributed by atoms with van der Waals surface area (Å²) >= 11 is 4.16. The third-order valence-electron chi connectivity index (χ3n) is 2.81. The summed E-state index contributed by atoms with van der Waals surface area (Å²) in [5.74, 6) is -0.245. The van der Waals surface area contributed by atoms with Gasteiger partial charge in [-0.15, -0.1) is 0 Å². The lowest BCUT2D eigenvalue weighted by Crippen LogP contribution is -2.39. The number of carbonyl (C=O) groups is 2. The van der Waals surface area contributed by atoms with Crippen molar-refractivity contribution in [2.24, 2.45) is 5.16 Å². The second-order valence-corrected chi connectivity index (χ2v) is 6.59. The molecule has 0 saturated carbocycles. The van der Waals surface area contributed by atoms with Crippen molar-refractivity contribution in [3.8, 4) is 0 Å². The van der Waals surface area contributed by atoms with Gasteiger partial charge in [0.15, 0.2) is 10.7 Å². The maximum absolute atomic E-state index is 13.3. The van der Waals surface area contributed by atoms with Crippen molar-refractivity contribution in [3.63, 3.8) is 0 Å². The number of amides is 3. The molecule has 0 aliphatic heterocycles. The van der Waals surface area contributed by atoms with Crippen LogP contribution in [-0.2, 0) is 0 Å². The Labute approximate surface area is 163 Å². The zero-order chi connectivity index (χ0) is 19.8. The van der Waals surface area contributed by atoms with E-state index in [-0.39, 0.29) is 27.6 Å². The Morgan fingerprint density at radius 3 is 2.81 bits per heavy atom. The topological polar surface area (TPSA) is 162 Å². The molecule has 0 unspecified atom stereocenters. The Kier molecular flexibility index (Phi) is 7.36. The highest BCUT2D eigenvalue weighted by Gasteiger charge is 2.18. The van der Waals surface area contributed by atoms with Crippen LogP contribution in [0.1, 0.15) is 5.69 Å². The van der Waals surface area contributed by atoms with E-state index in [1.807, 2.05) is 0 Å². The number of oxime groups is 1. The number of aromatic nitrogens is 2. The second kappa shape index (κ2) is 9.72. The largest absolute Gasteiger partial charge is 0.465 e. The van der Waals surface area contributed by atoms with Crippen LogP contribution in [0.4, 0.5) is 19.7 Å². The maximum atomic E-state index is 13.3. The molecule has 11 nitrogen and oxygen atoms in total. The van der Waals surface area contributed by atoms with Gasteiger partial charge in [-0.2, -0.15) is 0 Å². The fourth-order valence-corrected chi connectivity index (χ4v) is 2.85. The Hall–Kier alpha value is -2.87. The zero-order valence-corrected chi connectivity index (χ0v) is 15.7. The summed E-state index contributed by atoms with van der Waals surface area (Å²) in [6, 6.07) is 3.22. The first kappa shape index (κ1) is 20.4. The van der Waals surface area contributed by atoms with Crippen LogP contribution in [0.15, 0.2) is 37.5 Å². The van der Waals surface area contributed by atoms with Crippen molar-refractivity contribution in [2.45, 2.75) is 5.03 Å². The molecule has 0 saturated heterocycles. The summed E-state index contributed by atoms with van der Waals surface area (Å²) in [6.45, 7) is 0.125. The van der Waals surface area contributed by atoms with Crippen molar-refractivity contribution < 1.29 is 28.9 Å². The van der Waals surface area contributed by atoms with Gasteiger partial charge in [0.25, 0.3) is 0 Å². The lowest BCUT2D eigenvalue weighted by Gasteiger charge is -2.07. The number of amidine groups is 1. The van der Waals surface area contributed by atoms with Crippen LogP contribution < -0.4 is 16.0 Å². The van der Waals surface area contributed by atoms with E-state index in [0.717, 1.165) is 11.8 Å². The van der Waals surface area contributed by atoms with E-state index in [1.165, 1.54) is 18.2 Å². The van der Waals surface area contributed by atoms with Gasteiger partial charge in [0.05, 0.1) is 4.47 Å². The maximum Gasteiger partial charge on any atom is 0.412 e. The predicted octanol–water partition coefficient (Wildman–Crippen LogP) is 2.29. The molecule has 5 N–H and O–H groups in total.